The van der Waals surface area contributed by atoms with Gasteiger partial charge in [-0.25, -0.2) is 0 Å². The molecule has 1 heterocycles. The molecule has 1 aromatic carbocycles. The number of guanidine groups is 1. The number of halogens is 3. The van der Waals surface area contributed by atoms with E-state index in [-0.39, 0.29) is 6.54 Å². The highest BCUT2D eigenvalue weighted by Gasteiger charge is 2.26. The predicted octanol–water partition coefficient (Wildman–Crippen LogP) is 3.01. The monoisotopic (exact) mass is 399 g/mol. The van der Waals surface area contributed by atoms with E-state index < -0.39 is 12.6 Å². The summed E-state index contributed by atoms with van der Waals surface area (Å²) >= 11 is 0. The molecule has 158 valence electrons. The fourth-order valence-corrected chi connectivity index (χ4v) is 3.20. The summed E-state index contributed by atoms with van der Waals surface area (Å²) in [5.41, 5.74) is 2.56. The van der Waals surface area contributed by atoms with Crippen molar-refractivity contribution in [2.24, 2.45) is 4.99 Å². The molecule has 28 heavy (non-hydrogen) atoms. The first-order chi connectivity index (χ1) is 13.4. The maximum atomic E-state index is 12.3. The summed E-state index contributed by atoms with van der Waals surface area (Å²) in [6, 6.07) is 8.59. The molecule has 8 heteroatoms. The van der Waals surface area contributed by atoms with Crippen LogP contribution in [0.4, 0.5) is 18.9 Å². The van der Waals surface area contributed by atoms with Gasteiger partial charge in [-0.15, -0.1) is 0 Å². The number of aryl methyl sites for hydroxylation is 1. The summed E-state index contributed by atoms with van der Waals surface area (Å²) in [4.78, 5) is 9.21. The number of rotatable bonds is 8. The molecular formula is C20H32F3N5. The summed E-state index contributed by atoms with van der Waals surface area (Å²) in [5.74, 6) is 0.455. The third kappa shape index (κ3) is 8.37. The van der Waals surface area contributed by atoms with Crippen LogP contribution in [0.2, 0.25) is 0 Å². The molecule has 1 aliphatic heterocycles. The molecule has 0 amide bonds. The number of piperazine rings is 1. The Morgan fingerprint density at radius 2 is 1.89 bits per heavy atom. The normalized spacial score (nSPS) is 16.3. The topological polar surface area (TPSA) is 42.9 Å². The second-order valence-corrected chi connectivity index (χ2v) is 7.07. The Labute approximate surface area is 166 Å². The molecule has 0 saturated carbocycles. The Hall–Kier alpha value is -1.96. The lowest BCUT2D eigenvalue weighted by Crippen LogP contribution is -2.46. The number of hydrogen-bond donors (Lipinski definition) is 2. The second-order valence-electron chi connectivity index (χ2n) is 7.07. The van der Waals surface area contributed by atoms with Gasteiger partial charge in [0.05, 0.1) is 6.42 Å². The molecule has 1 saturated heterocycles. The number of benzene rings is 1. The minimum absolute atomic E-state index is 0.156. The van der Waals surface area contributed by atoms with E-state index in [1.54, 1.807) is 0 Å². The van der Waals surface area contributed by atoms with Crippen molar-refractivity contribution in [2.75, 3.05) is 57.3 Å². The van der Waals surface area contributed by atoms with Crippen LogP contribution in [0.3, 0.4) is 0 Å². The maximum Gasteiger partial charge on any atom is 0.390 e. The second kappa shape index (κ2) is 11.1. The van der Waals surface area contributed by atoms with Crippen molar-refractivity contribution in [1.29, 1.82) is 0 Å². The van der Waals surface area contributed by atoms with E-state index in [4.69, 9.17) is 0 Å². The van der Waals surface area contributed by atoms with Crippen molar-refractivity contribution < 1.29 is 13.2 Å². The maximum absolute atomic E-state index is 12.3. The zero-order valence-corrected chi connectivity index (χ0v) is 16.9. The lowest BCUT2D eigenvalue weighted by atomic mass is 10.2. The van der Waals surface area contributed by atoms with Crippen molar-refractivity contribution in [3.05, 3.63) is 29.8 Å². The standard InChI is InChI=1S/C20H32F3N5/c1-3-24-19(26-10-8-20(21,22)23)25-9-5-11-27-12-14-28(15-13-27)18-7-4-6-17(2)16-18/h4,6-7,16H,3,5,8-15H2,1-2H3,(H2,24,25,26). The summed E-state index contributed by atoms with van der Waals surface area (Å²) in [6.07, 6.45) is -4.12. The van der Waals surface area contributed by atoms with Crippen molar-refractivity contribution >= 4 is 11.6 Å². The smallest absolute Gasteiger partial charge is 0.369 e. The van der Waals surface area contributed by atoms with Gasteiger partial charge in [0.2, 0.25) is 0 Å². The van der Waals surface area contributed by atoms with Gasteiger partial charge in [-0.1, -0.05) is 12.1 Å². The van der Waals surface area contributed by atoms with Crippen LogP contribution in [-0.4, -0.2) is 69.4 Å². The highest BCUT2D eigenvalue weighted by molar-refractivity contribution is 5.79. The molecule has 1 aliphatic rings. The first kappa shape index (κ1) is 22.3. The number of anilines is 1. The number of hydrogen-bond acceptors (Lipinski definition) is 3. The number of nitrogens with one attached hydrogen (secondary N) is 2. The Kier molecular flexibility index (Phi) is 8.89. The van der Waals surface area contributed by atoms with Gasteiger partial charge in [-0.3, -0.25) is 9.89 Å². The first-order valence-electron chi connectivity index (χ1n) is 10.0. The quantitative estimate of drug-likeness (QED) is 0.401. The molecule has 0 aromatic heterocycles. The third-order valence-electron chi connectivity index (χ3n) is 4.69. The highest BCUT2D eigenvalue weighted by atomic mass is 19.4. The van der Waals surface area contributed by atoms with E-state index in [1.165, 1.54) is 11.3 Å². The number of nitrogens with zero attached hydrogens (tertiary/aromatic N) is 3. The van der Waals surface area contributed by atoms with Gasteiger partial charge < -0.3 is 15.5 Å². The highest BCUT2D eigenvalue weighted by Crippen LogP contribution is 2.18. The van der Waals surface area contributed by atoms with Crippen LogP contribution in [0.1, 0.15) is 25.3 Å². The predicted molar refractivity (Wildman–Crippen MR) is 109 cm³/mol. The Morgan fingerprint density at radius 1 is 1.14 bits per heavy atom. The molecule has 2 N–H and O–H groups in total. The van der Waals surface area contributed by atoms with Gasteiger partial charge in [0, 0.05) is 58.0 Å². The van der Waals surface area contributed by atoms with E-state index in [0.717, 1.165) is 39.1 Å². The molecule has 1 fully saturated rings. The van der Waals surface area contributed by atoms with Gasteiger partial charge >= 0.3 is 6.18 Å². The average Bonchev–Trinajstić information content (AvgIpc) is 2.64. The number of aliphatic imine (C=N–C) groups is 1. The van der Waals surface area contributed by atoms with Crippen molar-refractivity contribution in [3.63, 3.8) is 0 Å². The van der Waals surface area contributed by atoms with Crippen LogP contribution >= 0.6 is 0 Å². The fourth-order valence-electron chi connectivity index (χ4n) is 3.20. The van der Waals surface area contributed by atoms with Crippen LogP contribution < -0.4 is 15.5 Å². The molecule has 0 spiro atoms. The van der Waals surface area contributed by atoms with Crippen LogP contribution in [0.15, 0.2) is 29.3 Å². The van der Waals surface area contributed by atoms with E-state index in [9.17, 15) is 13.2 Å². The summed E-state index contributed by atoms with van der Waals surface area (Å²) in [7, 11) is 0. The Balaban J connectivity index is 1.67. The minimum atomic E-state index is -4.15. The molecule has 1 aromatic rings. The van der Waals surface area contributed by atoms with Crippen molar-refractivity contribution in [1.82, 2.24) is 15.5 Å². The Morgan fingerprint density at radius 3 is 2.54 bits per heavy atom. The van der Waals surface area contributed by atoms with Gasteiger partial charge in [0.1, 0.15) is 0 Å². The lowest BCUT2D eigenvalue weighted by Gasteiger charge is -2.36. The van der Waals surface area contributed by atoms with E-state index in [0.29, 0.717) is 19.0 Å². The van der Waals surface area contributed by atoms with E-state index >= 15 is 0 Å². The molecular weight excluding hydrogens is 367 g/mol. The summed E-state index contributed by atoms with van der Waals surface area (Å²) in [5, 5.41) is 5.73. The number of alkyl halides is 3. The molecule has 5 nitrogen and oxygen atoms in total. The van der Waals surface area contributed by atoms with Crippen LogP contribution in [0, 0.1) is 6.92 Å². The molecule has 0 bridgehead atoms. The van der Waals surface area contributed by atoms with Crippen LogP contribution in [-0.2, 0) is 0 Å². The molecule has 2 rings (SSSR count). The molecule has 0 radical (unpaired) electrons. The van der Waals surface area contributed by atoms with Gasteiger partial charge in [-0.2, -0.15) is 13.2 Å². The zero-order chi connectivity index (χ0) is 20.4. The zero-order valence-electron chi connectivity index (χ0n) is 16.9. The van der Waals surface area contributed by atoms with Crippen LogP contribution in [0.25, 0.3) is 0 Å². The van der Waals surface area contributed by atoms with Crippen LogP contribution in [0.5, 0.6) is 0 Å². The van der Waals surface area contributed by atoms with Gasteiger partial charge in [-0.05, 0) is 38.0 Å². The SMILES string of the molecule is CCNC(=NCCCN1CCN(c2cccc(C)c2)CC1)NCCC(F)(F)F. The van der Waals surface area contributed by atoms with E-state index in [1.807, 2.05) is 6.92 Å². The molecule has 0 aliphatic carbocycles. The summed E-state index contributed by atoms with van der Waals surface area (Å²) in [6.45, 7) is 10.1. The molecule has 0 unspecified atom stereocenters. The summed E-state index contributed by atoms with van der Waals surface area (Å²) < 4.78 is 36.8. The largest absolute Gasteiger partial charge is 0.390 e. The van der Waals surface area contributed by atoms with Crippen molar-refractivity contribution in [3.8, 4) is 0 Å². The Bertz CT molecular complexity index is 610. The van der Waals surface area contributed by atoms with Gasteiger partial charge in [0.15, 0.2) is 5.96 Å². The third-order valence-corrected chi connectivity index (χ3v) is 4.69. The fraction of sp³-hybridized carbons (Fsp3) is 0.650. The van der Waals surface area contributed by atoms with Crippen molar-refractivity contribution in [2.45, 2.75) is 32.9 Å². The first-order valence-corrected chi connectivity index (χ1v) is 10.0. The minimum Gasteiger partial charge on any atom is -0.369 e. The average molecular weight is 400 g/mol. The van der Waals surface area contributed by atoms with E-state index in [2.05, 4.69) is 56.6 Å². The lowest BCUT2D eigenvalue weighted by molar-refractivity contribution is -0.132. The van der Waals surface area contributed by atoms with Gasteiger partial charge in [0.25, 0.3) is 0 Å². The molecule has 0 atom stereocenters.